The molecule has 1 amide bonds. The van der Waals surface area contributed by atoms with E-state index >= 15 is 0 Å². The average Bonchev–Trinajstić information content (AvgIpc) is 3.18. The third kappa shape index (κ3) is 12.0. The summed E-state index contributed by atoms with van der Waals surface area (Å²) in [5, 5.41) is 0. The number of ketones is 2. The van der Waals surface area contributed by atoms with Gasteiger partial charge in [-0.3, -0.25) is 14.4 Å². The van der Waals surface area contributed by atoms with Crippen LogP contribution in [0, 0.1) is 11.8 Å². The van der Waals surface area contributed by atoms with Gasteiger partial charge in [-0.2, -0.15) is 4.99 Å². The number of benzene rings is 1. The van der Waals surface area contributed by atoms with Crippen LogP contribution < -0.4 is 5.73 Å². The van der Waals surface area contributed by atoms with Crippen LogP contribution in [0.15, 0.2) is 72.3 Å². The zero-order chi connectivity index (χ0) is 24.9. The number of nitrogens with zero attached hydrogens (tertiary/aromatic N) is 1. The SMILES string of the molecule is C=CC(=O)c1ccccc1.CC(C)CC(=O)/C=C\C[C@@H]1CC[C@H](CC2CC=CC(N)=NC2=O)O1.[HH].[Y]. The quantitative estimate of drug-likeness (QED) is 0.332. The first-order valence-electron chi connectivity index (χ1n) is 11.9. The van der Waals surface area contributed by atoms with Gasteiger partial charge in [-0.1, -0.05) is 62.9 Å². The molecule has 2 heterocycles. The Kier molecular flexibility index (Phi) is 14.7. The van der Waals surface area contributed by atoms with Crippen LogP contribution in [0.3, 0.4) is 0 Å². The molecule has 1 aromatic rings. The number of hydrogen-bond donors (Lipinski definition) is 1. The van der Waals surface area contributed by atoms with E-state index in [4.69, 9.17) is 10.5 Å². The molecule has 0 saturated carbocycles. The Balaban J connectivity index is 0.000000864. The molecule has 1 unspecified atom stereocenters. The number of amides is 1. The number of aliphatic imine (C=N–C) groups is 1. The molecule has 2 aliphatic rings. The summed E-state index contributed by atoms with van der Waals surface area (Å²) < 4.78 is 6.02. The molecule has 0 bridgehead atoms. The van der Waals surface area contributed by atoms with E-state index in [2.05, 4.69) is 11.6 Å². The molecule has 1 aromatic carbocycles. The fourth-order valence-electron chi connectivity index (χ4n) is 3.89. The van der Waals surface area contributed by atoms with Crippen LogP contribution in [0.25, 0.3) is 0 Å². The van der Waals surface area contributed by atoms with Crippen molar-refractivity contribution < 1.29 is 53.3 Å². The van der Waals surface area contributed by atoms with Gasteiger partial charge in [-0.25, -0.2) is 0 Å². The summed E-state index contributed by atoms with van der Waals surface area (Å²) in [6, 6.07) is 9.07. The Hall–Kier alpha value is -2.02. The first-order valence-corrected chi connectivity index (χ1v) is 11.9. The van der Waals surface area contributed by atoms with Crippen molar-refractivity contribution in [3.8, 4) is 0 Å². The molecule has 0 spiro atoms. The minimum absolute atomic E-state index is 0. The third-order valence-electron chi connectivity index (χ3n) is 5.60. The number of nitrogens with two attached hydrogens (primary N) is 1. The van der Waals surface area contributed by atoms with Crippen LogP contribution in [0.4, 0.5) is 0 Å². The summed E-state index contributed by atoms with van der Waals surface area (Å²) in [4.78, 5) is 38.4. The first kappa shape index (κ1) is 31.0. The maximum absolute atomic E-state index is 12.0. The van der Waals surface area contributed by atoms with Gasteiger partial charge >= 0.3 is 0 Å². The summed E-state index contributed by atoms with van der Waals surface area (Å²) in [5.74, 6) is 0.519. The van der Waals surface area contributed by atoms with E-state index in [0.717, 1.165) is 19.3 Å². The predicted molar refractivity (Wildman–Crippen MR) is 138 cm³/mol. The number of allylic oxidation sites excluding steroid dienone is 3. The van der Waals surface area contributed by atoms with E-state index in [1.807, 2.05) is 44.2 Å². The van der Waals surface area contributed by atoms with E-state index in [9.17, 15) is 14.4 Å². The molecule has 1 saturated heterocycles. The minimum Gasteiger partial charge on any atom is -0.384 e. The van der Waals surface area contributed by atoms with Gasteiger partial charge in [0.1, 0.15) is 5.84 Å². The second-order valence-corrected chi connectivity index (χ2v) is 9.04. The van der Waals surface area contributed by atoms with Crippen LogP contribution in [-0.4, -0.2) is 35.5 Å². The molecular formula is C28H38N2O4Y. The van der Waals surface area contributed by atoms with Crippen LogP contribution >= 0.6 is 0 Å². The smallest absolute Gasteiger partial charge is 0.251 e. The van der Waals surface area contributed by atoms with E-state index < -0.39 is 0 Å². The predicted octanol–water partition coefficient (Wildman–Crippen LogP) is 5.24. The molecular weight excluding hydrogens is 517 g/mol. The van der Waals surface area contributed by atoms with Crippen molar-refractivity contribution in [3.05, 3.63) is 72.9 Å². The molecule has 3 rings (SSSR count). The van der Waals surface area contributed by atoms with Crippen molar-refractivity contribution in [2.45, 2.75) is 64.6 Å². The maximum Gasteiger partial charge on any atom is 0.251 e. The molecule has 2 N–H and O–H groups in total. The second-order valence-electron chi connectivity index (χ2n) is 9.04. The van der Waals surface area contributed by atoms with Crippen molar-refractivity contribution in [3.63, 3.8) is 0 Å². The molecule has 1 radical (unpaired) electrons. The zero-order valence-electron chi connectivity index (χ0n) is 20.8. The normalized spacial score (nSPS) is 21.5. The van der Waals surface area contributed by atoms with Crippen molar-refractivity contribution in [2.24, 2.45) is 22.6 Å². The Bertz CT molecular complexity index is 944. The number of hydrogen-bond acceptors (Lipinski definition) is 5. The number of rotatable bonds is 9. The van der Waals surface area contributed by atoms with Gasteiger partial charge in [-0.15, -0.1) is 0 Å². The molecule has 7 heteroatoms. The van der Waals surface area contributed by atoms with Crippen molar-refractivity contribution >= 4 is 23.3 Å². The van der Waals surface area contributed by atoms with E-state index in [-0.39, 0.29) is 75.6 Å². The third-order valence-corrected chi connectivity index (χ3v) is 5.60. The zero-order valence-corrected chi connectivity index (χ0v) is 23.6. The van der Waals surface area contributed by atoms with Crippen LogP contribution in [0.5, 0.6) is 0 Å². The number of carbonyl (C=O) groups excluding carboxylic acids is 3. The van der Waals surface area contributed by atoms with Crippen molar-refractivity contribution in [1.82, 2.24) is 0 Å². The fourth-order valence-corrected chi connectivity index (χ4v) is 3.89. The van der Waals surface area contributed by atoms with E-state index in [0.29, 0.717) is 30.7 Å². The Morgan fingerprint density at radius 3 is 2.57 bits per heavy atom. The number of amidine groups is 1. The Labute approximate surface area is 235 Å². The molecule has 187 valence electrons. The van der Waals surface area contributed by atoms with Gasteiger partial charge in [0.15, 0.2) is 11.6 Å². The van der Waals surface area contributed by atoms with Gasteiger partial charge < -0.3 is 10.5 Å². The van der Waals surface area contributed by atoms with Gasteiger partial charge in [0.25, 0.3) is 5.91 Å². The Morgan fingerprint density at radius 1 is 1.23 bits per heavy atom. The van der Waals surface area contributed by atoms with E-state index in [1.165, 1.54) is 6.08 Å². The summed E-state index contributed by atoms with van der Waals surface area (Å²) in [5.41, 5.74) is 6.29. The van der Waals surface area contributed by atoms with Gasteiger partial charge in [0.2, 0.25) is 0 Å². The Morgan fingerprint density at radius 2 is 1.91 bits per heavy atom. The summed E-state index contributed by atoms with van der Waals surface area (Å²) in [6.45, 7) is 7.47. The van der Waals surface area contributed by atoms with Gasteiger partial charge in [0.05, 0.1) is 12.2 Å². The average molecular weight is 556 g/mol. The van der Waals surface area contributed by atoms with Gasteiger partial charge in [0, 0.05) is 52.0 Å². The molecule has 3 atom stereocenters. The van der Waals surface area contributed by atoms with Crippen molar-refractivity contribution in [2.75, 3.05) is 0 Å². The van der Waals surface area contributed by atoms with Crippen LogP contribution in [-0.2, 0) is 47.0 Å². The second kappa shape index (κ2) is 16.6. The summed E-state index contributed by atoms with van der Waals surface area (Å²) in [7, 11) is 0. The monoisotopic (exact) mass is 555 g/mol. The van der Waals surface area contributed by atoms with Crippen LogP contribution in [0.1, 0.15) is 64.2 Å². The first-order chi connectivity index (χ1) is 16.3. The molecule has 0 aliphatic carbocycles. The fraction of sp³-hybridized carbons (Fsp3) is 0.429. The number of carbonyl (C=O) groups is 3. The van der Waals surface area contributed by atoms with Gasteiger partial charge in [-0.05, 0) is 56.3 Å². The van der Waals surface area contributed by atoms with E-state index in [1.54, 1.807) is 24.3 Å². The summed E-state index contributed by atoms with van der Waals surface area (Å²) >= 11 is 0. The molecule has 6 nitrogen and oxygen atoms in total. The largest absolute Gasteiger partial charge is 0.384 e. The standard InChI is InChI=1S/C19H28N2O3.C9H8O.Y.H2/c1-13(2)11-15(22)6-4-7-16-9-10-17(24-16)12-14-5-3-8-18(20)21-19(14)23;1-2-9(10)8-6-4-3-5-7-8;;/h3-4,6,8,13-14,16-17H,5,7,9-12H2,1-2H3,(H2,20,21,23);2-7H,1H2;;1H/b6-4-;;;/t14?,16-,17-;;;/m1.../s1. The van der Waals surface area contributed by atoms with Crippen LogP contribution in [0.2, 0.25) is 0 Å². The van der Waals surface area contributed by atoms with Crippen molar-refractivity contribution in [1.29, 1.82) is 0 Å². The minimum atomic E-state index is -0.149. The number of ether oxygens (including phenoxy) is 1. The molecule has 2 aliphatic heterocycles. The molecule has 1 fully saturated rings. The molecule has 35 heavy (non-hydrogen) atoms. The summed E-state index contributed by atoms with van der Waals surface area (Å²) in [6.07, 6.45) is 13.3. The molecule has 0 aromatic heterocycles. The maximum atomic E-state index is 12.0. The topological polar surface area (TPSA) is 98.8 Å².